The Kier molecular flexibility index (Phi) is 29.0. The maximum atomic E-state index is 6.17. The van der Waals surface area contributed by atoms with E-state index < -0.39 is 0 Å². The Bertz CT molecular complexity index is 1650. The van der Waals surface area contributed by atoms with Gasteiger partial charge in [-0.3, -0.25) is 0 Å². The fourth-order valence-corrected chi connectivity index (χ4v) is 10.8. The second kappa shape index (κ2) is 34.7. The molecule has 0 aliphatic rings. The molecule has 4 N–H and O–H groups in total. The van der Waals surface area contributed by atoms with Crippen LogP contribution in [0.2, 0.25) is 0 Å². The van der Waals surface area contributed by atoms with Gasteiger partial charge in [0.25, 0.3) is 0 Å². The molecule has 0 amide bonds. The molecule has 0 aromatic heterocycles. The summed E-state index contributed by atoms with van der Waals surface area (Å²) in [6.07, 6.45) is 46.2. The van der Waals surface area contributed by atoms with E-state index in [0.29, 0.717) is 11.8 Å². The molecule has 4 aromatic rings. The molecule has 0 aliphatic carbocycles. The summed E-state index contributed by atoms with van der Waals surface area (Å²) in [4.78, 5) is 0. The number of nitrogens with two attached hydrogens (primary N) is 2. The molecular weight excluding hydrogens is 797 g/mol. The minimum Gasteiger partial charge on any atom is -0.399 e. The van der Waals surface area contributed by atoms with Crippen LogP contribution in [0.3, 0.4) is 0 Å². The highest BCUT2D eigenvalue weighted by Crippen LogP contribution is 2.35. The van der Waals surface area contributed by atoms with E-state index in [2.05, 4.69) is 113 Å². The zero-order chi connectivity index (χ0) is 46.9. The van der Waals surface area contributed by atoms with Crippen molar-refractivity contribution in [1.29, 1.82) is 0 Å². The number of nitrogen functional groups attached to an aromatic ring is 2. The number of rotatable bonds is 39. The minimum absolute atomic E-state index is 0.458. The number of anilines is 2. The van der Waals surface area contributed by atoms with Gasteiger partial charge >= 0.3 is 0 Å². The van der Waals surface area contributed by atoms with Gasteiger partial charge < -0.3 is 11.5 Å². The molecule has 0 radical (unpaired) electrons. The van der Waals surface area contributed by atoms with Crippen molar-refractivity contribution in [2.45, 2.75) is 258 Å². The fraction of sp³-hybridized carbons (Fsp3) is 0.625. The predicted molar refractivity (Wildman–Crippen MR) is 294 cm³/mol. The normalized spacial score (nSPS) is 12.5. The summed E-state index contributed by atoms with van der Waals surface area (Å²) in [5, 5.41) is 0. The van der Waals surface area contributed by atoms with Crippen LogP contribution in [-0.4, -0.2) is 0 Å². The van der Waals surface area contributed by atoms with Gasteiger partial charge in [0, 0.05) is 23.2 Å². The Morgan fingerprint density at radius 3 is 0.879 bits per heavy atom. The highest BCUT2D eigenvalue weighted by atomic mass is 14.5. The molecule has 4 aromatic carbocycles. The Morgan fingerprint density at radius 2 is 0.591 bits per heavy atom. The summed E-state index contributed by atoms with van der Waals surface area (Å²) in [7, 11) is 0. The lowest BCUT2D eigenvalue weighted by molar-refractivity contribution is 0.540. The predicted octanol–water partition coefficient (Wildman–Crippen LogP) is 20.0. The van der Waals surface area contributed by atoms with Gasteiger partial charge in [0.1, 0.15) is 0 Å². The maximum absolute atomic E-state index is 6.17. The van der Waals surface area contributed by atoms with Crippen LogP contribution in [0.25, 0.3) is 0 Å². The number of unbranched alkanes of at least 4 members (excludes halogenated alkanes) is 27. The standard InChI is InChI=1S/C64H100N2/c1-5-7-9-11-13-15-21-25-29-33-37-63(61-49-47-59(65)51-53(61)3)57-43-39-55(40-44-57)35-31-27-23-19-17-18-20-24-28-32-36-56-41-45-58(46-42-56)64(62-50-48-60(66)52-54(62)4)38-34-30-26-22-16-14-12-10-8-6-2/h39-52,63-64H,5-38,65-66H2,1-4H3. The van der Waals surface area contributed by atoms with Crippen molar-refractivity contribution in [1.82, 2.24) is 0 Å². The lowest BCUT2D eigenvalue weighted by atomic mass is 9.84. The minimum atomic E-state index is 0.458. The van der Waals surface area contributed by atoms with Crippen LogP contribution >= 0.6 is 0 Å². The zero-order valence-electron chi connectivity index (χ0n) is 43.4. The fourth-order valence-electron chi connectivity index (χ4n) is 10.8. The Labute approximate surface area is 408 Å². The van der Waals surface area contributed by atoms with Gasteiger partial charge in [-0.25, -0.2) is 0 Å². The first-order valence-electron chi connectivity index (χ1n) is 28.3. The number of hydrogen-bond acceptors (Lipinski definition) is 2. The summed E-state index contributed by atoms with van der Waals surface area (Å²) < 4.78 is 0. The van der Waals surface area contributed by atoms with Gasteiger partial charge in [-0.15, -0.1) is 0 Å². The van der Waals surface area contributed by atoms with Crippen molar-refractivity contribution in [2.24, 2.45) is 0 Å². The van der Waals surface area contributed by atoms with E-state index in [9.17, 15) is 0 Å². The third-order valence-electron chi connectivity index (χ3n) is 15.0. The van der Waals surface area contributed by atoms with E-state index in [1.54, 1.807) is 0 Å². The molecule has 2 atom stereocenters. The summed E-state index contributed by atoms with van der Waals surface area (Å²) in [5.74, 6) is 0.916. The molecule has 0 spiro atoms. The molecule has 366 valence electrons. The second-order valence-electron chi connectivity index (χ2n) is 20.8. The molecule has 2 heteroatoms. The Balaban J connectivity index is 1.07. The van der Waals surface area contributed by atoms with Gasteiger partial charge in [-0.2, -0.15) is 0 Å². The average molecular weight is 898 g/mol. The van der Waals surface area contributed by atoms with E-state index >= 15 is 0 Å². The highest BCUT2D eigenvalue weighted by Gasteiger charge is 2.18. The largest absolute Gasteiger partial charge is 0.399 e. The van der Waals surface area contributed by atoms with Crippen LogP contribution in [0, 0.1) is 13.8 Å². The van der Waals surface area contributed by atoms with Crippen molar-refractivity contribution in [2.75, 3.05) is 11.5 Å². The Morgan fingerprint density at radius 1 is 0.318 bits per heavy atom. The van der Waals surface area contributed by atoms with E-state index in [1.165, 1.54) is 263 Å². The maximum Gasteiger partial charge on any atom is 0.0316 e. The molecule has 4 rings (SSSR count). The van der Waals surface area contributed by atoms with Crippen LogP contribution in [0.4, 0.5) is 11.4 Å². The first-order chi connectivity index (χ1) is 32.4. The highest BCUT2D eigenvalue weighted by molar-refractivity contribution is 5.49. The molecule has 0 saturated heterocycles. The zero-order valence-corrected chi connectivity index (χ0v) is 43.4. The monoisotopic (exact) mass is 897 g/mol. The molecule has 2 nitrogen and oxygen atoms in total. The van der Waals surface area contributed by atoms with Crippen molar-refractivity contribution in [3.63, 3.8) is 0 Å². The summed E-state index contributed by atoms with van der Waals surface area (Å²) in [6, 6.07) is 32.5. The SMILES string of the molecule is CCCCCCCCCCCCC(c1ccc(CCCCCCCCCCCCc2ccc(C(CCCCCCCCCCCC)c3ccc(N)cc3C)cc2)cc1)c1ccc(N)cc1C. The van der Waals surface area contributed by atoms with Crippen LogP contribution in [0.5, 0.6) is 0 Å². The first kappa shape index (κ1) is 55.1. The number of benzene rings is 4. The second-order valence-corrected chi connectivity index (χ2v) is 20.8. The third kappa shape index (κ3) is 22.5. The third-order valence-corrected chi connectivity index (χ3v) is 15.0. The molecule has 2 unspecified atom stereocenters. The molecule has 66 heavy (non-hydrogen) atoms. The molecule has 0 bridgehead atoms. The van der Waals surface area contributed by atoms with Crippen LogP contribution in [0.1, 0.15) is 276 Å². The van der Waals surface area contributed by atoms with Crippen LogP contribution < -0.4 is 11.5 Å². The molecule has 0 saturated carbocycles. The van der Waals surface area contributed by atoms with Crippen LogP contribution in [0.15, 0.2) is 84.9 Å². The number of aryl methyl sites for hydroxylation is 4. The first-order valence-corrected chi connectivity index (χ1v) is 28.3. The van der Waals surface area contributed by atoms with E-state index in [4.69, 9.17) is 11.5 Å². The molecule has 0 fully saturated rings. The topological polar surface area (TPSA) is 52.0 Å². The summed E-state index contributed by atoms with van der Waals surface area (Å²) >= 11 is 0. The quantitative estimate of drug-likeness (QED) is 0.0346. The van der Waals surface area contributed by atoms with Crippen LogP contribution in [-0.2, 0) is 12.8 Å². The lowest BCUT2D eigenvalue weighted by Gasteiger charge is -2.21. The summed E-state index contributed by atoms with van der Waals surface area (Å²) in [5.41, 5.74) is 25.6. The number of hydrogen-bond donors (Lipinski definition) is 2. The lowest BCUT2D eigenvalue weighted by Crippen LogP contribution is -2.05. The van der Waals surface area contributed by atoms with E-state index in [-0.39, 0.29) is 0 Å². The van der Waals surface area contributed by atoms with Gasteiger partial charge in [-0.1, -0.05) is 254 Å². The molecule has 0 heterocycles. The van der Waals surface area contributed by atoms with Crippen molar-refractivity contribution >= 4 is 11.4 Å². The Hall–Kier alpha value is -3.52. The van der Waals surface area contributed by atoms with Crippen molar-refractivity contribution in [3.05, 3.63) is 129 Å². The molecular formula is C64H100N2. The van der Waals surface area contributed by atoms with Crippen molar-refractivity contribution < 1.29 is 0 Å². The smallest absolute Gasteiger partial charge is 0.0316 e. The summed E-state index contributed by atoms with van der Waals surface area (Å²) in [6.45, 7) is 9.09. The van der Waals surface area contributed by atoms with Gasteiger partial charge in [0.15, 0.2) is 0 Å². The van der Waals surface area contributed by atoms with E-state index in [1.807, 2.05) is 0 Å². The van der Waals surface area contributed by atoms with Gasteiger partial charge in [0.2, 0.25) is 0 Å². The average Bonchev–Trinajstić information content (AvgIpc) is 3.32. The van der Waals surface area contributed by atoms with E-state index in [0.717, 1.165) is 11.4 Å². The van der Waals surface area contributed by atoms with Gasteiger partial charge in [-0.05, 0) is 121 Å². The van der Waals surface area contributed by atoms with Crippen molar-refractivity contribution in [3.8, 4) is 0 Å². The van der Waals surface area contributed by atoms with Gasteiger partial charge in [0.05, 0.1) is 0 Å². The molecule has 0 aliphatic heterocycles.